The first-order chi connectivity index (χ1) is 15.9. The molecule has 0 N–H and O–H groups in total. The van der Waals surface area contributed by atoms with Gasteiger partial charge in [0.25, 0.3) is 0 Å². The molecule has 4 aromatic rings. The van der Waals surface area contributed by atoms with Crippen LogP contribution >= 0.6 is 23.2 Å². The molecule has 0 aliphatic heterocycles. The molecular weight excluding hydrogens is 453 g/mol. The van der Waals surface area contributed by atoms with Crippen LogP contribution in [0.2, 0.25) is 10.0 Å². The third kappa shape index (κ3) is 5.13. The molecule has 0 spiro atoms. The lowest BCUT2D eigenvalue weighted by Gasteiger charge is -2.20. The molecule has 3 aromatic carbocycles. The minimum absolute atomic E-state index is 0.163. The highest BCUT2D eigenvalue weighted by Gasteiger charge is 2.17. The Morgan fingerprint density at radius 2 is 1.58 bits per heavy atom. The second-order valence-electron chi connectivity index (χ2n) is 8.07. The van der Waals surface area contributed by atoms with Crippen LogP contribution in [0, 0.1) is 6.92 Å². The molecular formula is C27H25Cl2N3O. The number of carbonyl (C=O) groups is 1. The van der Waals surface area contributed by atoms with Crippen LogP contribution in [0.25, 0.3) is 16.9 Å². The van der Waals surface area contributed by atoms with Crippen molar-refractivity contribution in [1.82, 2.24) is 9.78 Å². The van der Waals surface area contributed by atoms with Crippen molar-refractivity contribution in [3.05, 3.63) is 94.0 Å². The van der Waals surface area contributed by atoms with E-state index in [1.54, 1.807) is 6.07 Å². The van der Waals surface area contributed by atoms with Crippen LogP contribution in [0.4, 0.5) is 11.5 Å². The standard InChI is InChI=1S/C27H25Cl2N3O/c1-4-5-26(33)19-8-12-23(13-9-19)31(3)27-17-25(20-14-21(28)16-22(29)15-20)30-32(27)24-10-6-18(2)7-11-24/h6-17H,4-5H2,1-3H3. The Kier molecular flexibility index (Phi) is 6.87. The summed E-state index contributed by atoms with van der Waals surface area (Å²) in [6.07, 6.45) is 1.40. The topological polar surface area (TPSA) is 38.1 Å². The molecule has 1 heterocycles. The summed E-state index contributed by atoms with van der Waals surface area (Å²) < 4.78 is 1.90. The molecule has 1 aromatic heterocycles. The van der Waals surface area contributed by atoms with Crippen molar-refractivity contribution in [2.75, 3.05) is 11.9 Å². The molecule has 33 heavy (non-hydrogen) atoms. The Bertz CT molecular complexity index is 1260. The Hall–Kier alpha value is -3.08. The Labute approximate surface area is 204 Å². The molecule has 0 unspecified atom stereocenters. The summed E-state index contributed by atoms with van der Waals surface area (Å²) in [5, 5.41) is 6.00. The lowest BCUT2D eigenvalue weighted by Crippen LogP contribution is -2.14. The van der Waals surface area contributed by atoms with E-state index in [4.69, 9.17) is 28.3 Å². The number of nitrogens with zero attached hydrogens (tertiary/aromatic N) is 3. The predicted octanol–water partition coefficient (Wildman–Crippen LogP) is 7.91. The van der Waals surface area contributed by atoms with Gasteiger partial charge in [0, 0.05) is 46.4 Å². The van der Waals surface area contributed by atoms with Gasteiger partial charge in [-0.3, -0.25) is 4.79 Å². The third-order valence-electron chi connectivity index (χ3n) is 5.52. The Balaban J connectivity index is 1.77. The van der Waals surface area contributed by atoms with Crippen molar-refractivity contribution in [1.29, 1.82) is 0 Å². The highest BCUT2D eigenvalue weighted by atomic mass is 35.5. The molecule has 0 atom stereocenters. The van der Waals surface area contributed by atoms with Crippen molar-refractivity contribution in [3.63, 3.8) is 0 Å². The Morgan fingerprint density at radius 1 is 0.939 bits per heavy atom. The van der Waals surface area contributed by atoms with Crippen LogP contribution < -0.4 is 4.90 Å². The molecule has 6 heteroatoms. The van der Waals surface area contributed by atoms with Gasteiger partial charge >= 0.3 is 0 Å². The molecule has 0 amide bonds. The molecule has 0 saturated heterocycles. The van der Waals surface area contributed by atoms with Gasteiger partial charge in [0.2, 0.25) is 0 Å². The van der Waals surface area contributed by atoms with E-state index >= 15 is 0 Å². The number of halogens is 2. The van der Waals surface area contributed by atoms with E-state index in [-0.39, 0.29) is 5.78 Å². The van der Waals surface area contributed by atoms with Gasteiger partial charge in [-0.1, -0.05) is 47.8 Å². The van der Waals surface area contributed by atoms with E-state index < -0.39 is 0 Å². The van der Waals surface area contributed by atoms with E-state index in [1.807, 2.05) is 73.3 Å². The maximum absolute atomic E-state index is 12.2. The fourth-order valence-corrected chi connectivity index (χ4v) is 4.23. The minimum atomic E-state index is 0.163. The highest BCUT2D eigenvalue weighted by Crippen LogP contribution is 2.33. The van der Waals surface area contributed by atoms with Gasteiger partial charge in [0.05, 0.1) is 11.4 Å². The van der Waals surface area contributed by atoms with Crippen LogP contribution in [-0.4, -0.2) is 22.6 Å². The van der Waals surface area contributed by atoms with Crippen LogP contribution in [0.5, 0.6) is 0 Å². The summed E-state index contributed by atoms with van der Waals surface area (Å²) in [4.78, 5) is 14.3. The van der Waals surface area contributed by atoms with Gasteiger partial charge < -0.3 is 4.90 Å². The first-order valence-electron chi connectivity index (χ1n) is 10.9. The van der Waals surface area contributed by atoms with Crippen LogP contribution in [0.15, 0.2) is 72.8 Å². The van der Waals surface area contributed by atoms with Crippen molar-refractivity contribution >= 4 is 40.5 Å². The third-order valence-corrected chi connectivity index (χ3v) is 5.96. The van der Waals surface area contributed by atoms with Gasteiger partial charge in [-0.2, -0.15) is 5.10 Å². The predicted molar refractivity (Wildman–Crippen MR) is 138 cm³/mol. The number of aromatic nitrogens is 2. The normalized spacial score (nSPS) is 10.9. The molecule has 168 valence electrons. The summed E-state index contributed by atoms with van der Waals surface area (Å²) in [6, 6.07) is 23.3. The summed E-state index contributed by atoms with van der Waals surface area (Å²) in [7, 11) is 1.99. The average molecular weight is 478 g/mol. The number of ketones is 1. The summed E-state index contributed by atoms with van der Waals surface area (Å²) in [5.74, 6) is 1.04. The number of rotatable bonds is 7. The second kappa shape index (κ2) is 9.82. The largest absolute Gasteiger partial charge is 0.329 e. The first kappa shape index (κ1) is 23.1. The summed E-state index contributed by atoms with van der Waals surface area (Å²) in [6.45, 7) is 4.07. The van der Waals surface area contributed by atoms with Gasteiger partial charge in [-0.25, -0.2) is 4.68 Å². The first-order valence-corrected chi connectivity index (χ1v) is 11.6. The van der Waals surface area contributed by atoms with Gasteiger partial charge in [0.1, 0.15) is 5.82 Å². The van der Waals surface area contributed by atoms with Crippen molar-refractivity contribution < 1.29 is 4.79 Å². The zero-order valence-electron chi connectivity index (χ0n) is 18.8. The van der Waals surface area contributed by atoms with Crippen LogP contribution in [-0.2, 0) is 0 Å². The van der Waals surface area contributed by atoms with E-state index in [0.717, 1.165) is 40.4 Å². The number of Topliss-reactive ketones (excluding diaryl/α,β-unsaturated/α-hetero) is 1. The minimum Gasteiger partial charge on any atom is -0.329 e. The quantitative estimate of drug-likeness (QED) is 0.253. The summed E-state index contributed by atoms with van der Waals surface area (Å²) in [5.41, 5.74) is 5.40. The number of benzene rings is 3. The molecule has 0 radical (unpaired) electrons. The maximum atomic E-state index is 12.2. The van der Waals surface area contributed by atoms with E-state index in [9.17, 15) is 4.79 Å². The maximum Gasteiger partial charge on any atom is 0.162 e. The summed E-state index contributed by atoms with van der Waals surface area (Å²) >= 11 is 12.5. The molecule has 0 aliphatic carbocycles. The Morgan fingerprint density at radius 3 is 2.18 bits per heavy atom. The molecule has 0 aliphatic rings. The zero-order chi connectivity index (χ0) is 23.5. The van der Waals surface area contributed by atoms with Crippen LogP contribution in [0.3, 0.4) is 0 Å². The van der Waals surface area contributed by atoms with Gasteiger partial charge in [0.15, 0.2) is 5.78 Å². The van der Waals surface area contributed by atoms with E-state index in [0.29, 0.717) is 16.5 Å². The van der Waals surface area contributed by atoms with E-state index in [1.165, 1.54) is 5.56 Å². The molecule has 0 fully saturated rings. The smallest absolute Gasteiger partial charge is 0.162 e. The average Bonchev–Trinajstić information content (AvgIpc) is 3.24. The molecule has 0 saturated carbocycles. The lowest BCUT2D eigenvalue weighted by molar-refractivity contribution is 0.0982. The SMILES string of the molecule is CCCC(=O)c1ccc(N(C)c2cc(-c3cc(Cl)cc(Cl)c3)nn2-c2ccc(C)cc2)cc1. The van der Waals surface area contributed by atoms with Crippen molar-refractivity contribution in [2.24, 2.45) is 0 Å². The zero-order valence-corrected chi connectivity index (χ0v) is 20.4. The second-order valence-corrected chi connectivity index (χ2v) is 8.95. The lowest BCUT2D eigenvalue weighted by atomic mass is 10.1. The number of carbonyl (C=O) groups excluding carboxylic acids is 1. The molecule has 4 rings (SSSR count). The van der Waals surface area contributed by atoms with Crippen molar-refractivity contribution in [2.45, 2.75) is 26.7 Å². The van der Waals surface area contributed by atoms with E-state index in [2.05, 4.69) is 24.0 Å². The van der Waals surface area contributed by atoms with Crippen LogP contribution in [0.1, 0.15) is 35.7 Å². The number of hydrogen-bond donors (Lipinski definition) is 0. The number of anilines is 2. The van der Waals surface area contributed by atoms with Gasteiger partial charge in [-0.05, 0) is 67.9 Å². The number of hydrogen-bond acceptors (Lipinski definition) is 3. The highest BCUT2D eigenvalue weighted by molar-refractivity contribution is 6.35. The fourth-order valence-electron chi connectivity index (χ4n) is 3.70. The van der Waals surface area contributed by atoms with Gasteiger partial charge in [-0.15, -0.1) is 0 Å². The molecule has 0 bridgehead atoms. The number of aryl methyl sites for hydroxylation is 1. The molecule has 4 nitrogen and oxygen atoms in total. The van der Waals surface area contributed by atoms with Crippen molar-refractivity contribution in [3.8, 4) is 16.9 Å². The fraction of sp³-hybridized carbons (Fsp3) is 0.185. The monoisotopic (exact) mass is 477 g/mol.